The van der Waals surface area contributed by atoms with Crippen molar-refractivity contribution < 1.29 is 5.11 Å². The Morgan fingerprint density at radius 3 is 1.20 bits per heavy atom. The van der Waals surface area contributed by atoms with Gasteiger partial charge in [0.15, 0.2) is 0 Å². The van der Waals surface area contributed by atoms with Crippen LogP contribution in [0.1, 0.15) is 27.7 Å². The zero-order valence-electron chi connectivity index (χ0n) is 7.18. The van der Waals surface area contributed by atoms with E-state index in [4.69, 9.17) is 11.5 Å². The van der Waals surface area contributed by atoms with Gasteiger partial charge < -0.3 is 16.6 Å². The molecule has 3 heteroatoms. The van der Waals surface area contributed by atoms with Crippen molar-refractivity contribution in [1.82, 2.24) is 0 Å². The molecule has 0 bridgehead atoms. The molecular formula is C7H18N2O. The second-order valence-electron chi connectivity index (χ2n) is 4.05. The summed E-state index contributed by atoms with van der Waals surface area (Å²) in [4.78, 5) is 0. The molecule has 0 amide bonds. The largest absolute Gasteiger partial charge is 0.389 e. The van der Waals surface area contributed by atoms with Gasteiger partial charge in [-0.2, -0.15) is 0 Å². The first-order chi connectivity index (χ1) is 4.15. The lowest BCUT2D eigenvalue weighted by Crippen LogP contribution is -2.59. The smallest absolute Gasteiger partial charge is 0.0887 e. The van der Waals surface area contributed by atoms with Crippen LogP contribution in [0.3, 0.4) is 0 Å². The maximum atomic E-state index is 9.47. The predicted molar refractivity (Wildman–Crippen MR) is 42.5 cm³/mol. The van der Waals surface area contributed by atoms with Gasteiger partial charge in [0.1, 0.15) is 0 Å². The van der Waals surface area contributed by atoms with Crippen LogP contribution < -0.4 is 11.5 Å². The molecule has 0 aliphatic rings. The SMILES string of the molecule is CC(C)(N)C(O)C(C)(C)N. The van der Waals surface area contributed by atoms with E-state index in [1.54, 1.807) is 27.7 Å². The van der Waals surface area contributed by atoms with Crippen molar-refractivity contribution in [2.45, 2.75) is 44.9 Å². The molecule has 62 valence electrons. The second kappa shape index (κ2) is 2.49. The third-order valence-corrected chi connectivity index (χ3v) is 1.41. The van der Waals surface area contributed by atoms with Crippen LogP contribution in [0, 0.1) is 0 Å². The lowest BCUT2D eigenvalue weighted by molar-refractivity contribution is 0.0446. The van der Waals surface area contributed by atoms with Crippen molar-refractivity contribution in [2.24, 2.45) is 11.5 Å². The molecule has 0 rings (SSSR count). The Morgan fingerprint density at radius 2 is 1.20 bits per heavy atom. The molecule has 0 aromatic carbocycles. The highest BCUT2D eigenvalue weighted by Crippen LogP contribution is 2.15. The summed E-state index contributed by atoms with van der Waals surface area (Å²) in [5.74, 6) is 0. The molecule has 0 radical (unpaired) electrons. The van der Waals surface area contributed by atoms with E-state index >= 15 is 0 Å². The van der Waals surface area contributed by atoms with Crippen LogP contribution in [-0.2, 0) is 0 Å². The van der Waals surface area contributed by atoms with Crippen molar-refractivity contribution in [3.05, 3.63) is 0 Å². The average molecular weight is 146 g/mol. The summed E-state index contributed by atoms with van der Waals surface area (Å²) in [7, 11) is 0. The normalized spacial score (nSPS) is 14.4. The van der Waals surface area contributed by atoms with Crippen LogP contribution in [0.5, 0.6) is 0 Å². The van der Waals surface area contributed by atoms with Crippen molar-refractivity contribution in [3.63, 3.8) is 0 Å². The van der Waals surface area contributed by atoms with Gasteiger partial charge in [-0.3, -0.25) is 0 Å². The minimum absolute atomic E-state index is 0.627. The highest BCUT2D eigenvalue weighted by atomic mass is 16.3. The number of hydrogen-bond donors (Lipinski definition) is 3. The van der Waals surface area contributed by atoms with Gasteiger partial charge in [0, 0.05) is 11.1 Å². The highest BCUT2D eigenvalue weighted by Gasteiger charge is 2.33. The Labute approximate surface area is 62.4 Å². The van der Waals surface area contributed by atoms with Crippen LogP contribution >= 0.6 is 0 Å². The molecule has 0 atom stereocenters. The molecule has 0 spiro atoms. The predicted octanol–water partition coefficient (Wildman–Crippen LogP) is -0.178. The summed E-state index contributed by atoms with van der Waals surface area (Å²) in [6.45, 7) is 7.02. The van der Waals surface area contributed by atoms with E-state index in [1.165, 1.54) is 0 Å². The fourth-order valence-electron chi connectivity index (χ4n) is 0.959. The molecule has 0 unspecified atom stereocenters. The van der Waals surface area contributed by atoms with Gasteiger partial charge in [-0.05, 0) is 27.7 Å². The Bertz CT molecular complexity index is 95.8. The van der Waals surface area contributed by atoms with E-state index in [2.05, 4.69) is 0 Å². The van der Waals surface area contributed by atoms with E-state index in [0.717, 1.165) is 0 Å². The molecule has 3 nitrogen and oxygen atoms in total. The van der Waals surface area contributed by atoms with Gasteiger partial charge in [-0.25, -0.2) is 0 Å². The van der Waals surface area contributed by atoms with Crippen molar-refractivity contribution in [3.8, 4) is 0 Å². The number of rotatable bonds is 2. The molecule has 5 N–H and O–H groups in total. The monoisotopic (exact) mass is 146 g/mol. The Morgan fingerprint density at radius 1 is 1.00 bits per heavy atom. The molecule has 0 saturated heterocycles. The average Bonchev–Trinajstić information content (AvgIpc) is 1.59. The van der Waals surface area contributed by atoms with Crippen molar-refractivity contribution >= 4 is 0 Å². The second-order valence-corrected chi connectivity index (χ2v) is 4.05. The lowest BCUT2D eigenvalue weighted by atomic mass is 9.85. The molecule has 0 aromatic heterocycles. The van der Waals surface area contributed by atoms with Gasteiger partial charge in [0.25, 0.3) is 0 Å². The Balaban J connectivity index is 4.23. The Hall–Kier alpha value is -0.120. The fraction of sp³-hybridized carbons (Fsp3) is 1.00. The molecule has 0 heterocycles. The van der Waals surface area contributed by atoms with Crippen molar-refractivity contribution in [1.29, 1.82) is 0 Å². The zero-order chi connectivity index (χ0) is 8.58. The van der Waals surface area contributed by atoms with E-state index in [0.29, 0.717) is 0 Å². The van der Waals surface area contributed by atoms with Gasteiger partial charge in [-0.15, -0.1) is 0 Å². The molecule has 0 fully saturated rings. The number of aliphatic hydroxyl groups is 1. The molecule has 0 saturated carbocycles. The van der Waals surface area contributed by atoms with Crippen LogP contribution in [0.4, 0.5) is 0 Å². The van der Waals surface area contributed by atoms with Gasteiger partial charge in [0.05, 0.1) is 6.10 Å². The third-order valence-electron chi connectivity index (χ3n) is 1.41. The molecule has 10 heavy (non-hydrogen) atoms. The number of nitrogens with two attached hydrogens (primary N) is 2. The quantitative estimate of drug-likeness (QED) is 0.506. The summed E-state index contributed by atoms with van der Waals surface area (Å²) in [6, 6.07) is 0. The number of aliphatic hydroxyl groups excluding tert-OH is 1. The maximum Gasteiger partial charge on any atom is 0.0887 e. The molecular weight excluding hydrogens is 128 g/mol. The molecule has 0 aromatic rings. The maximum absolute atomic E-state index is 9.47. The van der Waals surface area contributed by atoms with Crippen molar-refractivity contribution in [2.75, 3.05) is 0 Å². The zero-order valence-corrected chi connectivity index (χ0v) is 7.18. The van der Waals surface area contributed by atoms with E-state index in [1.807, 2.05) is 0 Å². The van der Waals surface area contributed by atoms with Crippen LogP contribution in [-0.4, -0.2) is 22.3 Å². The van der Waals surface area contributed by atoms with Crippen LogP contribution in [0.25, 0.3) is 0 Å². The van der Waals surface area contributed by atoms with Crippen LogP contribution in [0.2, 0.25) is 0 Å². The summed E-state index contributed by atoms with van der Waals surface area (Å²) < 4.78 is 0. The minimum atomic E-state index is -0.681. The Kier molecular flexibility index (Phi) is 2.46. The first-order valence-electron chi connectivity index (χ1n) is 3.41. The van der Waals surface area contributed by atoms with Gasteiger partial charge in [-0.1, -0.05) is 0 Å². The summed E-state index contributed by atoms with van der Waals surface area (Å²) in [6.07, 6.45) is -0.681. The summed E-state index contributed by atoms with van der Waals surface area (Å²) in [5, 5.41) is 9.47. The standard InChI is InChI=1S/C7H18N2O/c1-6(2,8)5(10)7(3,4)9/h5,10H,8-9H2,1-4H3. The first kappa shape index (κ1) is 9.88. The van der Waals surface area contributed by atoms with E-state index in [9.17, 15) is 5.11 Å². The van der Waals surface area contributed by atoms with E-state index < -0.39 is 17.2 Å². The summed E-state index contributed by atoms with van der Waals surface area (Å²) in [5.41, 5.74) is 10.0. The van der Waals surface area contributed by atoms with E-state index in [-0.39, 0.29) is 0 Å². The fourth-order valence-corrected chi connectivity index (χ4v) is 0.959. The molecule has 0 aliphatic heterocycles. The van der Waals surface area contributed by atoms with Gasteiger partial charge in [0.2, 0.25) is 0 Å². The topological polar surface area (TPSA) is 72.3 Å². The molecule has 0 aliphatic carbocycles. The first-order valence-corrected chi connectivity index (χ1v) is 3.41. The highest BCUT2D eigenvalue weighted by molar-refractivity contribution is 4.95. The lowest BCUT2D eigenvalue weighted by Gasteiger charge is -2.35. The van der Waals surface area contributed by atoms with Crippen LogP contribution in [0.15, 0.2) is 0 Å². The summed E-state index contributed by atoms with van der Waals surface area (Å²) >= 11 is 0. The number of hydrogen-bond acceptors (Lipinski definition) is 3. The van der Waals surface area contributed by atoms with Gasteiger partial charge >= 0.3 is 0 Å². The minimum Gasteiger partial charge on any atom is -0.389 e. The third kappa shape index (κ3) is 2.64.